The number of nitrogens with zero attached hydrogens (tertiary/aromatic N) is 3. The van der Waals surface area contributed by atoms with E-state index in [0.717, 1.165) is 36.8 Å². The molecule has 0 saturated carbocycles. The van der Waals surface area contributed by atoms with Gasteiger partial charge < -0.3 is 4.90 Å². The van der Waals surface area contributed by atoms with Crippen LogP contribution >= 0.6 is 0 Å². The monoisotopic (exact) mass is 315 g/mol. The average Bonchev–Trinajstić information content (AvgIpc) is 2.84. The molecule has 1 aliphatic heterocycles. The van der Waals surface area contributed by atoms with Gasteiger partial charge in [-0.2, -0.15) is 0 Å². The fourth-order valence-electron chi connectivity index (χ4n) is 3.68. The molecule has 2 aromatic rings. The van der Waals surface area contributed by atoms with Crippen molar-refractivity contribution >= 4 is 16.9 Å². The molecule has 0 aliphatic carbocycles. The Morgan fingerprint density at radius 2 is 1.96 bits per heavy atom. The van der Waals surface area contributed by atoms with Gasteiger partial charge in [0.15, 0.2) is 0 Å². The molecule has 1 amide bonds. The largest absolute Gasteiger partial charge is 0.340 e. The highest BCUT2D eigenvalue weighted by molar-refractivity contribution is 5.78. The molecule has 0 bridgehead atoms. The normalized spacial score (nSPS) is 18.5. The van der Waals surface area contributed by atoms with E-state index in [-0.39, 0.29) is 11.6 Å². The van der Waals surface area contributed by atoms with Crippen LogP contribution in [0.1, 0.15) is 39.0 Å². The summed E-state index contributed by atoms with van der Waals surface area (Å²) in [6, 6.07) is 8.11. The van der Waals surface area contributed by atoms with Crippen LogP contribution in [-0.4, -0.2) is 32.5 Å². The molecule has 5 heteroatoms. The molecule has 1 aromatic carbocycles. The number of hydrogen-bond donors (Lipinski definition) is 0. The zero-order valence-electron chi connectivity index (χ0n) is 14.0. The van der Waals surface area contributed by atoms with Gasteiger partial charge in [0.1, 0.15) is 0 Å². The van der Waals surface area contributed by atoms with Crippen LogP contribution in [0.5, 0.6) is 0 Å². The van der Waals surface area contributed by atoms with E-state index in [0.29, 0.717) is 19.0 Å². The van der Waals surface area contributed by atoms with Gasteiger partial charge in [-0.25, -0.2) is 4.79 Å². The molecular formula is C18H25N3O2. The van der Waals surface area contributed by atoms with Crippen molar-refractivity contribution in [3.8, 4) is 0 Å². The lowest BCUT2D eigenvalue weighted by Gasteiger charge is -2.35. The Morgan fingerprint density at radius 3 is 2.70 bits per heavy atom. The molecular weight excluding hydrogens is 290 g/mol. The third kappa shape index (κ3) is 2.92. The third-order valence-corrected chi connectivity index (χ3v) is 5.02. The predicted molar refractivity (Wildman–Crippen MR) is 91.4 cm³/mol. The summed E-state index contributed by atoms with van der Waals surface area (Å²) in [7, 11) is 1.78. The van der Waals surface area contributed by atoms with Crippen molar-refractivity contribution in [3.05, 3.63) is 34.7 Å². The molecule has 1 fully saturated rings. The quantitative estimate of drug-likeness (QED) is 0.870. The van der Waals surface area contributed by atoms with Crippen LogP contribution in [0.2, 0.25) is 0 Å². The summed E-state index contributed by atoms with van der Waals surface area (Å²) in [5.74, 6) is 0.177. The van der Waals surface area contributed by atoms with Crippen LogP contribution < -0.4 is 5.69 Å². The number of para-hydroxylation sites is 2. The fraction of sp³-hybridized carbons (Fsp3) is 0.556. The molecule has 3 rings (SSSR count). The Morgan fingerprint density at radius 1 is 1.22 bits per heavy atom. The second-order valence-electron chi connectivity index (χ2n) is 6.38. The maximum absolute atomic E-state index is 12.6. The van der Waals surface area contributed by atoms with Crippen molar-refractivity contribution < 1.29 is 4.79 Å². The molecule has 1 atom stereocenters. The molecule has 2 heterocycles. The number of carbonyl (C=O) groups is 1. The lowest BCUT2D eigenvalue weighted by molar-refractivity contribution is -0.135. The van der Waals surface area contributed by atoms with E-state index in [1.54, 1.807) is 16.2 Å². The first-order valence-corrected chi connectivity index (χ1v) is 8.57. The highest BCUT2D eigenvalue weighted by Gasteiger charge is 2.25. The van der Waals surface area contributed by atoms with Crippen molar-refractivity contribution in [2.45, 2.75) is 51.6 Å². The first-order chi connectivity index (χ1) is 11.1. The van der Waals surface area contributed by atoms with Gasteiger partial charge >= 0.3 is 5.69 Å². The zero-order chi connectivity index (χ0) is 16.4. The van der Waals surface area contributed by atoms with E-state index < -0.39 is 0 Å². The van der Waals surface area contributed by atoms with E-state index in [1.807, 2.05) is 29.2 Å². The second-order valence-corrected chi connectivity index (χ2v) is 6.38. The summed E-state index contributed by atoms with van der Waals surface area (Å²) in [5.41, 5.74) is 1.76. The Labute approximate surface area is 136 Å². The van der Waals surface area contributed by atoms with E-state index in [2.05, 4.69) is 6.92 Å². The number of imidazole rings is 1. The van der Waals surface area contributed by atoms with E-state index in [1.165, 1.54) is 6.42 Å². The summed E-state index contributed by atoms with van der Waals surface area (Å²) in [6.07, 6.45) is 4.82. The minimum Gasteiger partial charge on any atom is -0.340 e. The highest BCUT2D eigenvalue weighted by Crippen LogP contribution is 2.20. The highest BCUT2D eigenvalue weighted by atomic mass is 16.2. The van der Waals surface area contributed by atoms with Gasteiger partial charge in [0.25, 0.3) is 0 Å². The smallest absolute Gasteiger partial charge is 0.328 e. The standard InChI is InChI=1S/C18H25N3O2/c1-3-14-8-6-7-12-20(14)17(22)11-13-21-16-10-5-4-9-15(16)19(2)18(21)23/h4-5,9-10,14H,3,6-8,11-13H2,1-2H3/t14-/m1/s1. The number of carbonyl (C=O) groups excluding carboxylic acids is 1. The van der Waals surface area contributed by atoms with Gasteiger partial charge in [-0.1, -0.05) is 19.1 Å². The van der Waals surface area contributed by atoms with Crippen LogP contribution in [0.25, 0.3) is 11.0 Å². The molecule has 0 unspecified atom stereocenters. The number of aromatic nitrogens is 2. The van der Waals surface area contributed by atoms with Crippen LogP contribution in [0.4, 0.5) is 0 Å². The molecule has 0 radical (unpaired) electrons. The first kappa shape index (κ1) is 15.8. The lowest BCUT2D eigenvalue weighted by Crippen LogP contribution is -2.43. The average molecular weight is 315 g/mol. The summed E-state index contributed by atoms with van der Waals surface area (Å²) in [6.45, 7) is 3.46. The molecule has 124 valence electrons. The number of fused-ring (bicyclic) bond motifs is 1. The van der Waals surface area contributed by atoms with Crippen molar-refractivity contribution in [2.75, 3.05) is 6.54 Å². The maximum atomic E-state index is 12.6. The molecule has 0 spiro atoms. The Bertz CT molecular complexity index is 759. The summed E-state index contributed by atoms with van der Waals surface area (Å²) >= 11 is 0. The molecule has 1 aliphatic rings. The van der Waals surface area contributed by atoms with E-state index in [9.17, 15) is 9.59 Å². The number of rotatable bonds is 4. The predicted octanol–water partition coefficient (Wildman–Crippen LogP) is 2.52. The van der Waals surface area contributed by atoms with E-state index in [4.69, 9.17) is 0 Å². The van der Waals surface area contributed by atoms with Crippen molar-refractivity contribution in [1.82, 2.24) is 14.0 Å². The molecule has 0 N–H and O–H groups in total. The Kier molecular flexibility index (Phi) is 4.55. The molecule has 1 saturated heterocycles. The minimum atomic E-state index is -0.0512. The number of piperidine rings is 1. The zero-order valence-corrected chi connectivity index (χ0v) is 14.0. The Balaban J connectivity index is 1.77. The van der Waals surface area contributed by atoms with Gasteiger partial charge in [-0.15, -0.1) is 0 Å². The van der Waals surface area contributed by atoms with Gasteiger partial charge in [-0.05, 0) is 37.8 Å². The number of aryl methyl sites for hydroxylation is 2. The van der Waals surface area contributed by atoms with E-state index >= 15 is 0 Å². The topological polar surface area (TPSA) is 47.2 Å². The Hall–Kier alpha value is -2.04. The summed E-state index contributed by atoms with van der Waals surface area (Å²) < 4.78 is 3.37. The van der Waals surface area contributed by atoms with Gasteiger partial charge in [0.05, 0.1) is 11.0 Å². The fourth-order valence-corrected chi connectivity index (χ4v) is 3.68. The second kappa shape index (κ2) is 6.60. The van der Waals surface area contributed by atoms with Crippen molar-refractivity contribution in [2.24, 2.45) is 7.05 Å². The van der Waals surface area contributed by atoms with Gasteiger partial charge in [0.2, 0.25) is 5.91 Å². The number of hydrogen-bond acceptors (Lipinski definition) is 2. The maximum Gasteiger partial charge on any atom is 0.328 e. The first-order valence-electron chi connectivity index (χ1n) is 8.57. The number of amides is 1. The lowest BCUT2D eigenvalue weighted by atomic mass is 9.99. The van der Waals surface area contributed by atoms with Crippen molar-refractivity contribution in [3.63, 3.8) is 0 Å². The van der Waals surface area contributed by atoms with Crippen LogP contribution in [0.3, 0.4) is 0 Å². The van der Waals surface area contributed by atoms with Crippen LogP contribution in [0, 0.1) is 0 Å². The number of benzene rings is 1. The van der Waals surface area contributed by atoms with Gasteiger partial charge in [0, 0.05) is 32.6 Å². The summed E-state index contributed by atoms with van der Waals surface area (Å²) in [4.78, 5) is 27.0. The molecule has 23 heavy (non-hydrogen) atoms. The van der Waals surface area contributed by atoms with Crippen LogP contribution in [-0.2, 0) is 18.4 Å². The minimum absolute atomic E-state index is 0.0512. The van der Waals surface area contributed by atoms with Gasteiger partial charge in [-0.3, -0.25) is 13.9 Å². The molecule has 5 nitrogen and oxygen atoms in total. The third-order valence-electron chi connectivity index (χ3n) is 5.02. The number of likely N-dealkylation sites (tertiary alicyclic amines) is 1. The van der Waals surface area contributed by atoms with Crippen molar-refractivity contribution in [1.29, 1.82) is 0 Å². The molecule has 1 aromatic heterocycles. The van der Waals surface area contributed by atoms with Crippen LogP contribution in [0.15, 0.2) is 29.1 Å². The summed E-state index contributed by atoms with van der Waals surface area (Å²) in [5, 5.41) is 0. The SMILES string of the molecule is CC[C@@H]1CCCCN1C(=O)CCn1c(=O)n(C)c2ccccc21.